The average Bonchev–Trinajstić information content (AvgIpc) is 3.03. The number of halogens is 1. The highest BCUT2D eigenvalue weighted by Crippen LogP contribution is 2.79. The van der Waals surface area contributed by atoms with Gasteiger partial charge in [-0.15, -0.1) is 0 Å². The van der Waals surface area contributed by atoms with Crippen LogP contribution in [0.2, 0.25) is 0 Å². The van der Waals surface area contributed by atoms with Crippen LogP contribution in [-0.4, -0.2) is 31.1 Å². The predicted octanol–water partition coefficient (Wildman–Crippen LogP) is 0.183. The van der Waals surface area contributed by atoms with Crippen LogP contribution in [0.4, 0.5) is 4.39 Å². The first kappa shape index (κ1) is 14.4. The van der Waals surface area contributed by atoms with Crippen LogP contribution in [0, 0.1) is 40.9 Å². The van der Waals surface area contributed by atoms with Crippen molar-refractivity contribution in [3.05, 3.63) is 0 Å². The van der Waals surface area contributed by atoms with Crippen LogP contribution < -0.4 is 16.8 Å². The first-order chi connectivity index (χ1) is 10.5. The van der Waals surface area contributed by atoms with Gasteiger partial charge in [0, 0.05) is 6.54 Å². The fourth-order valence-electron chi connectivity index (χ4n) is 6.47. The van der Waals surface area contributed by atoms with E-state index in [9.17, 15) is 14.0 Å². The van der Waals surface area contributed by atoms with Crippen LogP contribution in [0.15, 0.2) is 0 Å². The Morgan fingerprint density at radius 2 is 1.59 bits per heavy atom. The number of rotatable bonds is 3. The molecule has 3 aliphatic carbocycles. The zero-order valence-electron chi connectivity index (χ0n) is 12.6. The second-order valence-corrected chi connectivity index (χ2v) is 7.74. The molecule has 5 N–H and O–H groups in total. The largest absolute Gasteiger partial charge is 0.369 e. The number of piperidine rings is 1. The molecule has 1 aliphatic heterocycles. The molecule has 2 amide bonds. The summed E-state index contributed by atoms with van der Waals surface area (Å²) in [7, 11) is 0. The molecule has 0 aromatic rings. The maximum Gasteiger partial charge on any atom is 0.221 e. The molecule has 122 valence electrons. The van der Waals surface area contributed by atoms with E-state index in [1.807, 2.05) is 0 Å². The zero-order valence-corrected chi connectivity index (χ0v) is 12.6. The lowest BCUT2D eigenvalue weighted by Gasteiger charge is -2.30. The van der Waals surface area contributed by atoms with Gasteiger partial charge in [-0.1, -0.05) is 0 Å². The van der Waals surface area contributed by atoms with Crippen LogP contribution in [0.3, 0.4) is 0 Å². The summed E-state index contributed by atoms with van der Waals surface area (Å²) in [6.07, 6.45) is 2.83. The maximum absolute atomic E-state index is 14.3. The Morgan fingerprint density at radius 3 is 2.09 bits per heavy atom. The number of carbonyl (C=O) groups excluding carboxylic acids is 2. The number of nitrogens with one attached hydrogen (secondary N) is 1. The lowest BCUT2D eigenvalue weighted by atomic mass is 9.78. The summed E-state index contributed by atoms with van der Waals surface area (Å²) in [6, 6.07) is 0. The van der Waals surface area contributed by atoms with Crippen LogP contribution >= 0.6 is 0 Å². The molecule has 2 bridgehead atoms. The van der Waals surface area contributed by atoms with E-state index in [4.69, 9.17) is 11.5 Å². The third-order valence-electron chi connectivity index (χ3n) is 7.16. The molecule has 7 atom stereocenters. The van der Waals surface area contributed by atoms with Crippen molar-refractivity contribution >= 4 is 11.8 Å². The Morgan fingerprint density at radius 1 is 1.00 bits per heavy atom. The highest BCUT2D eigenvalue weighted by molar-refractivity contribution is 5.88. The van der Waals surface area contributed by atoms with Gasteiger partial charge in [-0.25, -0.2) is 4.39 Å². The minimum Gasteiger partial charge on any atom is -0.369 e. The topological polar surface area (TPSA) is 98.2 Å². The van der Waals surface area contributed by atoms with Crippen molar-refractivity contribution in [1.29, 1.82) is 0 Å². The number of carbonyl (C=O) groups is 2. The SMILES string of the molecule is NC(=O)C1C(C(N)=O)C2CCC1C21CC1[C@H]1CCNC[C@H]1F. The second kappa shape index (κ2) is 4.66. The Kier molecular flexibility index (Phi) is 3.06. The van der Waals surface area contributed by atoms with Crippen molar-refractivity contribution in [1.82, 2.24) is 5.32 Å². The average molecular weight is 309 g/mol. The molecule has 6 heteroatoms. The van der Waals surface area contributed by atoms with Crippen molar-refractivity contribution < 1.29 is 14.0 Å². The number of alkyl halides is 1. The van der Waals surface area contributed by atoms with Gasteiger partial charge in [-0.2, -0.15) is 0 Å². The fourth-order valence-corrected chi connectivity index (χ4v) is 6.47. The molecule has 5 nitrogen and oxygen atoms in total. The summed E-state index contributed by atoms with van der Waals surface area (Å²) < 4.78 is 14.3. The van der Waals surface area contributed by atoms with E-state index < -0.39 is 29.8 Å². The van der Waals surface area contributed by atoms with E-state index in [0.717, 1.165) is 32.2 Å². The van der Waals surface area contributed by atoms with Crippen molar-refractivity contribution in [3.8, 4) is 0 Å². The molecular formula is C16H24FN3O2. The van der Waals surface area contributed by atoms with Crippen molar-refractivity contribution in [2.24, 2.45) is 52.4 Å². The molecule has 1 spiro atoms. The lowest BCUT2D eigenvalue weighted by Crippen LogP contribution is -2.41. The summed E-state index contributed by atoms with van der Waals surface area (Å²) in [4.78, 5) is 23.8. The lowest BCUT2D eigenvalue weighted by molar-refractivity contribution is -0.133. The molecule has 0 aromatic carbocycles. The molecule has 1 saturated heterocycles. The van der Waals surface area contributed by atoms with Gasteiger partial charge < -0.3 is 16.8 Å². The normalized spacial score (nSPS) is 52.9. The molecule has 5 unspecified atom stereocenters. The van der Waals surface area contributed by atoms with E-state index in [0.29, 0.717) is 12.5 Å². The van der Waals surface area contributed by atoms with Crippen molar-refractivity contribution in [2.45, 2.75) is 31.9 Å². The van der Waals surface area contributed by atoms with Gasteiger partial charge in [0.15, 0.2) is 0 Å². The predicted molar refractivity (Wildman–Crippen MR) is 78.0 cm³/mol. The number of hydrogen-bond acceptors (Lipinski definition) is 3. The van der Waals surface area contributed by atoms with Gasteiger partial charge in [0.25, 0.3) is 0 Å². The smallest absolute Gasteiger partial charge is 0.221 e. The minimum atomic E-state index is -0.822. The monoisotopic (exact) mass is 309 g/mol. The van der Waals surface area contributed by atoms with Crippen LogP contribution in [0.1, 0.15) is 25.7 Å². The number of amides is 2. The van der Waals surface area contributed by atoms with Crippen molar-refractivity contribution in [3.63, 3.8) is 0 Å². The molecule has 3 saturated carbocycles. The number of primary amides is 2. The molecular weight excluding hydrogens is 285 g/mol. The first-order valence-corrected chi connectivity index (χ1v) is 8.42. The van der Waals surface area contributed by atoms with E-state index in [1.54, 1.807) is 0 Å². The Bertz CT molecular complexity index is 498. The minimum absolute atomic E-state index is 0.0360. The summed E-state index contributed by atoms with van der Waals surface area (Å²) in [5, 5.41) is 3.09. The standard InChI is InChI=1S/C16H24FN3O2/c17-11-6-20-4-3-7(11)10-5-16(10)8-1-2-9(16)13(15(19)22)12(8)14(18)21/h7-13,20H,1-6H2,(H2,18,21)(H2,19,22)/t7-,8?,9?,10?,11-,12?,13?,16?/m1/s1. The first-order valence-electron chi connectivity index (χ1n) is 8.42. The van der Waals surface area contributed by atoms with Gasteiger partial charge in [0.2, 0.25) is 11.8 Å². The zero-order chi connectivity index (χ0) is 15.6. The fraction of sp³-hybridized carbons (Fsp3) is 0.875. The molecule has 0 aromatic heterocycles. The number of hydrogen-bond donors (Lipinski definition) is 3. The Balaban J connectivity index is 1.64. The summed E-state index contributed by atoms with van der Waals surface area (Å²) >= 11 is 0. The van der Waals surface area contributed by atoms with Gasteiger partial charge >= 0.3 is 0 Å². The van der Waals surface area contributed by atoms with E-state index >= 15 is 0 Å². The molecule has 4 aliphatic rings. The van der Waals surface area contributed by atoms with Crippen LogP contribution in [-0.2, 0) is 9.59 Å². The quantitative estimate of drug-likeness (QED) is 0.694. The molecule has 1 heterocycles. The van der Waals surface area contributed by atoms with Crippen molar-refractivity contribution in [2.75, 3.05) is 13.1 Å². The number of nitrogens with two attached hydrogens (primary N) is 2. The Labute approximate surface area is 129 Å². The van der Waals surface area contributed by atoms with Gasteiger partial charge in [-0.3, -0.25) is 9.59 Å². The summed E-state index contributed by atoms with van der Waals surface area (Å²) in [5.74, 6) is -1.02. The molecule has 0 radical (unpaired) electrons. The van der Waals surface area contributed by atoms with E-state index in [2.05, 4.69) is 5.32 Å². The van der Waals surface area contributed by atoms with Crippen LogP contribution in [0.5, 0.6) is 0 Å². The third-order valence-corrected chi connectivity index (χ3v) is 7.16. The van der Waals surface area contributed by atoms with E-state index in [1.165, 1.54) is 0 Å². The maximum atomic E-state index is 14.3. The summed E-state index contributed by atoms with van der Waals surface area (Å²) in [5.41, 5.74) is 11.1. The Hall–Kier alpha value is -1.17. The highest BCUT2D eigenvalue weighted by atomic mass is 19.1. The second-order valence-electron chi connectivity index (χ2n) is 7.74. The highest BCUT2D eigenvalue weighted by Gasteiger charge is 2.77. The molecule has 4 rings (SSSR count). The van der Waals surface area contributed by atoms with Gasteiger partial charge in [0.05, 0.1) is 11.8 Å². The van der Waals surface area contributed by atoms with Gasteiger partial charge in [-0.05, 0) is 61.3 Å². The molecule has 22 heavy (non-hydrogen) atoms. The van der Waals surface area contributed by atoms with Gasteiger partial charge in [0.1, 0.15) is 6.17 Å². The third kappa shape index (κ3) is 1.67. The van der Waals surface area contributed by atoms with Crippen LogP contribution in [0.25, 0.3) is 0 Å². The summed E-state index contributed by atoms with van der Waals surface area (Å²) in [6.45, 7) is 1.27. The molecule has 4 fully saturated rings. The van der Waals surface area contributed by atoms with E-state index in [-0.39, 0.29) is 23.2 Å².